The lowest BCUT2D eigenvalue weighted by atomic mass is 9.77. The first-order valence-electron chi connectivity index (χ1n) is 11.9. The van der Waals surface area contributed by atoms with Gasteiger partial charge in [0.25, 0.3) is 5.91 Å². The van der Waals surface area contributed by atoms with Gasteiger partial charge in [0.1, 0.15) is 17.6 Å². The van der Waals surface area contributed by atoms with Gasteiger partial charge in [-0.15, -0.1) is 0 Å². The van der Waals surface area contributed by atoms with Crippen molar-refractivity contribution in [3.63, 3.8) is 0 Å². The molecule has 2 atom stereocenters. The van der Waals surface area contributed by atoms with Crippen LogP contribution in [0.5, 0.6) is 5.75 Å². The van der Waals surface area contributed by atoms with Gasteiger partial charge in [0.15, 0.2) is 0 Å². The van der Waals surface area contributed by atoms with E-state index in [0.717, 1.165) is 42.7 Å². The predicted molar refractivity (Wildman–Crippen MR) is 121 cm³/mol. The number of ether oxygens (including phenoxy) is 1. The Morgan fingerprint density at radius 2 is 1.91 bits per heavy atom. The minimum Gasteiger partial charge on any atom is -0.493 e. The van der Waals surface area contributed by atoms with Gasteiger partial charge in [-0.1, -0.05) is 18.2 Å². The standard InChI is InChI=1S/C26H26FN3O4/c27-18-2-4-21-19(7-8-34-23(21)10-18)17-12-29(13-17)11-15-1-3-20-16(9-15)14-30(26(20)33)22-5-6-24(31)28-25(22)32/h1-4,9-10,17,19,22H,5-8,11-14H2,(H,28,31,32). The number of benzene rings is 2. The van der Waals surface area contributed by atoms with Crippen molar-refractivity contribution in [3.8, 4) is 5.75 Å². The van der Waals surface area contributed by atoms with Crippen molar-refractivity contribution in [2.45, 2.75) is 44.3 Å². The van der Waals surface area contributed by atoms with Crippen LogP contribution in [0.3, 0.4) is 0 Å². The van der Waals surface area contributed by atoms with E-state index < -0.39 is 6.04 Å². The zero-order chi connectivity index (χ0) is 23.4. The molecule has 4 aliphatic heterocycles. The summed E-state index contributed by atoms with van der Waals surface area (Å²) < 4.78 is 19.2. The second kappa shape index (κ2) is 8.20. The van der Waals surface area contributed by atoms with Gasteiger partial charge in [-0.3, -0.25) is 24.6 Å². The Bertz CT molecular complexity index is 1190. The van der Waals surface area contributed by atoms with Crippen LogP contribution in [-0.2, 0) is 22.7 Å². The molecule has 0 saturated carbocycles. The molecule has 7 nitrogen and oxygen atoms in total. The fourth-order valence-corrected chi connectivity index (χ4v) is 5.86. The number of amides is 3. The summed E-state index contributed by atoms with van der Waals surface area (Å²) >= 11 is 0. The number of halogens is 1. The molecular formula is C26H26FN3O4. The highest BCUT2D eigenvalue weighted by Gasteiger charge is 2.40. The number of carbonyl (C=O) groups excluding carboxylic acids is 3. The Hall–Kier alpha value is -3.26. The van der Waals surface area contributed by atoms with Crippen LogP contribution in [0.25, 0.3) is 0 Å². The summed E-state index contributed by atoms with van der Waals surface area (Å²) in [6.45, 7) is 3.77. The second-order valence-electron chi connectivity index (χ2n) is 9.77. The molecule has 6 rings (SSSR count). The SMILES string of the molecule is O=C1CCC(N2Cc3cc(CN4CC(C5CCOc6cc(F)ccc65)C4)ccc3C2=O)C(=O)N1. The molecule has 0 aromatic heterocycles. The number of likely N-dealkylation sites (tertiary alicyclic amines) is 1. The van der Waals surface area contributed by atoms with Crippen LogP contribution >= 0.6 is 0 Å². The zero-order valence-electron chi connectivity index (χ0n) is 18.8. The molecule has 4 heterocycles. The predicted octanol–water partition coefficient (Wildman–Crippen LogP) is 2.58. The van der Waals surface area contributed by atoms with Crippen molar-refractivity contribution >= 4 is 17.7 Å². The van der Waals surface area contributed by atoms with Gasteiger partial charge in [-0.2, -0.15) is 0 Å². The fourth-order valence-electron chi connectivity index (χ4n) is 5.86. The highest BCUT2D eigenvalue weighted by Crippen LogP contribution is 2.42. The molecule has 0 radical (unpaired) electrons. The van der Waals surface area contributed by atoms with Gasteiger partial charge in [-0.05, 0) is 53.5 Å². The Morgan fingerprint density at radius 1 is 1.06 bits per heavy atom. The molecule has 176 valence electrons. The monoisotopic (exact) mass is 463 g/mol. The number of hydrogen-bond donors (Lipinski definition) is 1. The number of rotatable bonds is 4. The summed E-state index contributed by atoms with van der Waals surface area (Å²) in [4.78, 5) is 40.5. The molecular weight excluding hydrogens is 437 g/mol. The van der Waals surface area contributed by atoms with Crippen LogP contribution in [0.15, 0.2) is 36.4 Å². The largest absolute Gasteiger partial charge is 0.493 e. The van der Waals surface area contributed by atoms with Crippen molar-refractivity contribution in [2.75, 3.05) is 19.7 Å². The average molecular weight is 464 g/mol. The fraction of sp³-hybridized carbons (Fsp3) is 0.423. The summed E-state index contributed by atoms with van der Waals surface area (Å²) in [5.74, 6) is 0.514. The third-order valence-corrected chi connectivity index (χ3v) is 7.61. The van der Waals surface area contributed by atoms with Crippen molar-refractivity contribution in [2.24, 2.45) is 5.92 Å². The van der Waals surface area contributed by atoms with Crippen LogP contribution in [0, 0.1) is 11.7 Å². The molecule has 4 aliphatic rings. The highest BCUT2D eigenvalue weighted by atomic mass is 19.1. The van der Waals surface area contributed by atoms with Crippen molar-refractivity contribution in [1.82, 2.24) is 15.1 Å². The number of nitrogens with zero attached hydrogens (tertiary/aromatic N) is 2. The summed E-state index contributed by atoms with van der Waals surface area (Å²) in [5, 5.41) is 2.34. The van der Waals surface area contributed by atoms with Gasteiger partial charge in [0.2, 0.25) is 11.8 Å². The van der Waals surface area contributed by atoms with E-state index in [9.17, 15) is 18.8 Å². The average Bonchev–Trinajstić information content (AvgIpc) is 3.11. The van der Waals surface area contributed by atoms with Gasteiger partial charge in [0, 0.05) is 44.2 Å². The Labute approximate surface area is 196 Å². The Balaban J connectivity index is 1.09. The second-order valence-corrected chi connectivity index (χ2v) is 9.77. The minimum absolute atomic E-state index is 0.144. The lowest BCUT2D eigenvalue weighted by Gasteiger charge is -2.45. The molecule has 8 heteroatoms. The normalized spacial score (nSPS) is 24.9. The zero-order valence-corrected chi connectivity index (χ0v) is 18.8. The molecule has 2 fully saturated rings. The molecule has 1 N–H and O–H groups in total. The van der Waals surface area contributed by atoms with Crippen molar-refractivity contribution < 1.29 is 23.5 Å². The molecule has 3 amide bonds. The van der Waals surface area contributed by atoms with E-state index in [2.05, 4.69) is 16.3 Å². The van der Waals surface area contributed by atoms with E-state index in [-0.39, 0.29) is 30.0 Å². The van der Waals surface area contributed by atoms with Gasteiger partial charge in [-0.25, -0.2) is 4.39 Å². The summed E-state index contributed by atoms with van der Waals surface area (Å²) in [6.07, 6.45) is 1.58. The number of piperidine rings is 1. The number of carbonyl (C=O) groups is 3. The molecule has 2 aromatic carbocycles. The summed E-state index contributed by atoms with van der Waals surface area (Å²) in [7, 11) is 0. The highest BCUT2D eigenvalue weighted by molar-refractivity contribution is 6.05. The van der Waals surface area contributed by atoms with Crippen molar-refractivity contribution in [1.29, 1.82) is 0 Å². The van der Waals surface area contributed by atoms with Gasteiger partial charge >= 0.3 is 0 Å². The smallest absolute Gasteiger partial charge is 0.255 e. The van der Waals surface area contributed by atoms with E-state index in [1.807, 2.05) is 18.2 Å². The quantitative estimate of drug-likeness (QED) is 0.706. The lowest BCUT2D eigenvalue weighted by molar-refractivity contribution is -0.136. The van der Waals surface area contributed by atoms with Crippen molar-refractivity contribution in [3.05, 3.63) is 64.5 Å². The molecule has 2 aromatic rings. The van der Waals surface area contributed by atoms with E-state index in [0.29, 0.717) is 42.7 Å². The van der Waals surface area contributed by atoms with Crippen LogP contribution in [0.2, 0.25) is 0 Å². The topological polar surface area (TPSA) is 79.0 Å². The molecule has 0 aliphatic carbocycles. The van der Waals surface area contributed by atoms with E-state index >= 15 is 0 Å². The number of imide groups is 1. The van der Waals surface area contributed by atoms with Crippen LogP contribution in [-0.4, -0.2) is 53.3 Å². The first-order chi connectivity index (χ1) is 16.5. The number of nitrogens with one attached hydrogen (secondary N) is 1. The molecule has 0 bridgehead atoms. The first-order valence-corrected chi connectivity index (χ1v) is 11.9. The lowest BCUT2D eigenvalue weighted by Crippen LogP contribution is -2.52. The summed E-state index contributed by atoms with van der Waals surface area (Å²) in [5.41, 5.74) is 3.83. The molecule has 0 spiro atoms. The van der Waals surface area contributed by atoms with Crippen LogP contribution in [0.4, 0.5) is 4.39 Å². The third-order valence-electron chi connectivity index (χ3n) is 7.61. The van der Waals surface area contributed by atoms with E-state index in [1.54, 1.807) is 4.90 Å². The number of fused-ring (bicyclic) bond motifs is 2. The maximum absolute atomic E-state index is 13.6. The van der Waals surface area contributed by atoms with E-state index in [1.165, 1.54) is 12.1 Å². The first kappa shape index (κ1) is 21.3. The minimum atomic E-state index is -0.590. The Kier molecular flexibility index (Phi) is 5.13. The Morgan fingerprint density at radius 3 is 2.74 bits per heavy atom. The molecule has 34 heavy (non-hydrogen) atoms. The van der Waals surface area contributed by atoms with Crippen LogP contribution < -0.4 is 10.1 Å². The summed E-state index contributed by atoms with van der Waals surface area (Å²) in [6, 6.07) is 10.2. The maximum Gasteiger partial charge on any atom is 0.255 e. The molecule has 2 saturated heterocycles. The van der Waals surface area contributed by atoms with Gasteiger partial charge in [0.05, 0.1) is 6.61 Å². The molecule has 2 unspecified atom stereocenters. The number of hydrogen-bond acceptors (Lipinski definition) is 5. The third kappa shape index (κ3) is 3.66. The maximum atomic E-state index is 13.6. The van der Waals surface area contributed by atoms with E-state index in [4.69, 9.17) is 4.74 Å². The van der Waals surface area contributed by atoms with Gasteiger partial charge < -0.3 is 9.64 Å². The van der Waals surface area contributed by atoms with Crippen LogP contribution in [0.1, 0.15) is 52.2 Å².